The number of hydrogen-bond donors (Lipinski definition) is 0. The van der Waals surface area contributed by atoms with Gasteiger partial charge < -0.3 is 0 Å². The Bertz CT molecular complexity index is 643. The van der Waals surface area contributed by atoms with Crippen molar-refractivity contribution in [2.45, 2.75) is 26.2 Å². The molecule has 18 heavy (non-hydrogen) atoms. The van der Waals surface area contributed by atoms with E-state index in [1.807, 2.05) is 16.6 Å². The van der Waals surface area contributed by atoms with E-state index in [9.17, 15) is 0 Å². The number of aromatic nitrogens is 5. The minimum absolute atomic E-state index is 0.761. The predicted molar refractivity (Wildman–Crippen MR) is 70.5 cm³/mol. The molecular weight excluding hydrogens is 246 g/mol. The smallest absolute Gasteiger partial charge is 0.234 e. The molecule has 0 N–H and O–H groups in total. The third-order valence-corrected chi connectivity index (χ3v) is 3.66. The standard InChI is InChI=1S/C12H13N5S/c1-2-3-6-10-16-17-11(14-15-12(17)18-10)9-5-4-7-13-8-9/h4-5,7-8H,2-3,6H2,1H3. The van der Waals surface area contributed by atoms with Gasteiger partial charge in [-0.25, -0.2) is 0 Å². The van der Waals surface area contributed by atoms with Crippen molar-refractivity contribution in [3.05, 3.63) is 29.5 Å². The lowest BCUT2D eigenvalue weighted by Crippen LogP contribution is -1.92. The van der Waals surface area contributed by atoms with Gasteiger partial charge in [-0.05, 0) is 18.6 Å². The molecule has 6 heteroatoms. The van der Waals surface area contributed by atoms with E-state index >= 15 is 0 Å². The van der Waals surface area contributed by atoms with Crippen molar-refractivity contribution in [2.24, 2.45) is 0 Å². The van der Waals surface area contributed by atoms with E-state index in [-0.39, 0.29) is 0 Å². The minimum atomic E-state index is 0.761. The molecule has 0 aromatic carbocycles. The average Bonchev–Trinajstić information content (AvgIpc) is 2.96. The van der Waals surface area contributed by atoms with Crippen LogP contribution in [-0.4, -0.2) is 24.8 Å². The zero-order valence-corrected chi connectivity index (χ0v) is 10.9. The highest BCUT2D eigenvalue weighted by Gasteiger charge is 2.12. The summed E-state index contributed by atoms with van der Waals surface area (Å²) in [6, 6.07) is 3.86. The molecule has 0 amide bonds. The molecule has 0 saturated heterocycles. The van der Waals surface area contributed by atoms with Crippen LogP contribution in [0.25, 0.3) is 16.3 Å². The van der Waals surface area contributed by atoms with Gasteiger partial charge in [-0.3, -0.25) is 4.98 Å². The van der Waals surface area contributed by atoms with E-state index in [0.717, 1.165) is 34.2 Å². The lowest BCUT2D eigenvalue weighted by atomic mass is 10.3. The Hall–Kier alpha value is -1.82. The monoisotopic (exact) mass is 259 g/mol. The van der Waals surface area contributed by atoms with Crippen LogP contribution >= 0.6 is 11.3 Å². The highest BCUT2D eigenvalue weighted by atomic mass is 32.1. The quantitative estimate of drug-likeness (QED) is 0.722. The lowest BCUT2D eigenvalue weighted by Gasteiger charge is -1.95. The molecule has 0 bridgehead atoms. The van der Waals surface area contributed by atoms with Gasteiger partial charge in [0.25, 0.3) is 0 Å². The molecule has 0 saturated carbocycles. The van der Waals surface area contributed by atoms with Gasteiger partial charge in [-0.15, -0.1) is 10.2 Å². The summed E-state index contributed by atoms with van der Waals surface area (Å²) in [6.45, 7) is 2.18. The fraction of sp³-hybridized carbons (Fsp3) is 0.333. The number of fused-ring (bicyclic) bond motifs is 1. The highest BCUT2D eigenvalue weighted by Crippen LogP contribution is 2.21. The van der Waals surface area contributed by atoms with Crippen molar-refractivity contribution in [1.29, 1.82) is 0 Å². The molecule has 0 aliphatic rings. The van der Waals surface area contributed by atoms with E-state index in [4.69, 9.17) is 0 Å². The molecular formula is C12H13N5S. The van der Waals surface area contributed by atoms with Crippen LogP contribution in [0.1, 0.15) is 24.8 Å². The molecule has 3 aromatic rings. The van der Waals surface area contributed by atoms with Gasteiger partial charge in [0.1, 0.15) is 5.01 Å². The fourth-order valence-electron chi connectivity index (χ4n) is 1.76. The van der Waals surface area contributed by atoms with Gasteiger partial charge in [0.05, 0.1) is 0 Å². The Kier molecular flexibility index (Phi) is 3.02. The second kappa shape index (κ2) is 4.81. The van der Waals surface area contributed by atoms with E-state index in [2.05, 4.69) is 27.2 Å². The molecule has 3 rings (SSSR count). The second-order valence-corrected chi connectivity index (χ2v) is 5.10. The number of pyridine rings is 1. The fourth-order valence-corrected chi connectivity index (χ4v) is 2.64. The van der Waals surface area contributed by atoms with Crippen LogP contribution in [0.4, 0.5) is 0 Å². The number of nitrogens with zero attached hydrogens (tertiary/aromatic N) is 5. The summed E-state index contributed by atoms with van der Waals surface area (Å²) in [5.74, 6) is 0.761. The molecule has 0 radical (unpaired) electrons. The molecule has 3 aromatic heterocycles. The Morgan fingerprint density at radius 3 is 3.06 bits per heavy atom. The maximum Gasteiger partial charge on any atom is 0.234 e. The topological polar surface area (TPSA) is 56.0 Å². The summed E-state index contributed by atoms with van der Waals surface area (Å²) in [7, 11) is 0. The molecule has 0 aliphatic carbocycles. The van der Waals surface area contributed by atoms with Crippen molar-refractivity contribution >= 4 is 16.3 Å². The maximum absolute atomic E-state index is 4.57. The minimum Gasteiger partial charge on any atom is -0.264 e. The molecule has 0 spiro atoms. The van der Waals surface area contributed by atoms with Crippen LogP contribution in [0, 0.1) is 0 Å². The number of hydrogen-bond acceptors (Lipinski definition) is 5. The van der Waals surface area contributed by atoms with Gasteiger partial charge in [0.15, 0.2) is 5.82 Å². The summed E-state index contributed by atoms with van der Waals surface area (Å²) in [5, 5.41) is 14.0. The molecule has 0 unspecified atom stereocenters. The zero-order chi connectivity index (χ0) is 12.4. The lowest BCUT2D eigenvalue weighted by molar-refractivity contribution is 0.770. The van der Waals surface area contributed by atoms with Crippen molar-refractivity contribution in [3.63, 3.8) is 0 Å². The molecule has 0 fully saturated rings. The average molecular weight is 259 g/mol. The molecule has 3 heterocycles. The molecule has 5 nitrogen and oxygen atoms in total. The third-order valence-electron chi connectivity index (χ3n) is 2.70. The van der Waals surface area contributed by atoms with Crippen LogP contribution in [-0.2, 0) is 6.42 Å². The largest absolute Gasteiger partial charge is 0.264 e. The van der Waals surface area contributed by atoms with Crippen LogP contribution in [0.15, 0.2) is 24.5 Å². The normalized spacial score (nSPS) is 11.2. The highest BCUT2D eigenvalue weighted by molar-refractivity contribution is 7.16. The number of unbranched alkanes of at least 4 members (excludes halogenated alkanes) is 1. The number of aryl methyl sites for hydroxylation is 1. The SMILES string of the molecule is CCCCc1nn2c(-c3cccnc3)nnc2s1. The van der Waals surface area contributed by atoms with Gasteiger partial charge in [0.2, 0.25) is 4.96 Å². The first kappa shape index (κ1) is 11.3. The van der Waals surface area contributed by atoms with Crippen molar-refractivity contribution < 1.29 is 0 Å². The summed E-state index contributed by atoms with van der Waals surface area (Å²) in [4.78, 5) is 4.95. The Morgan fingerprint density at radius 1 is 1.33 bits per heavy atom. The van der Waals surface area contributed by atoms with Crippen LogP contribution < -0.4 is 0 Å². The summed E-state index contributed by atoms with van der Waals surface area (Å²) in [6.07, 6.45) is 6.87. The molecule has 0 aliphatic heterocycles. The molecule has 0 atom stereocenters. The Balaban J connectivity index is 2.01. The Morgan fingerprint density at radius 2 is 2.28 bits per heavy atom. The second-order valence-electron chi connectivity index (χ2n) is 4.06. The predicted octanol–water partition coefficient (Wildman–Crippen LogP) is 2.59. The zero-order valence-electron chi connectivity index (χ0n) is 10.1. The van der Waals surface area contributed by atoms with Gasteiger partial charge in [0, 0.05) is 24.4 Å². The Labute approximate surface area is 109 Å². The van der Waals surface area contributed by atoms with Gasteiger partial charge in [-0.2, -0.15) is 9.61 Å². The van der Waals surface area contributed by atoms with Crippen molar-refractivity contribution in [3.8, 4) is 11.4 Å². The van der Waals surface area contributed by atoms with Crippen molar-refractivity contribution in [2.75, 3.05) is 0 Å². The first-order valence-corrected chi connectivity index (χ1v) is 6.81. The summed E-state index contributed by atoms with van der Waals surface area (Å²) < 4.78 is 1.81. The van der Waals surface area contributed by atoms with Crippen LogP contribution in [0.5, 0.6) is 0 Å². The maximum atomic E-state index is 4.57. The third kappa shape index (κ3) is 1.99. The first-order valence-electron chi connectivity index (χ1n) is 6.00. The van der Waals surface area contributed by atoms with E-state index < -0.39 is 0 Å². The van der Waals surface area contributed by atoms with Gasteiger partial charge in [-0.1, -0.05) is 24.7 Å². The van der Waals surface area contributed by atoms with Crippen LogP contribution in [0.3, 0.4) is 0 Å². The first-order chi connectivity index (χ1) is 8.88. The number of rotatable bonds is 4. The van der Waals surface area contributed by atoms with Crippen molar-refractivity contribution in [1.82, 2.24) is 24.8 Å². The van der Waals surface area contributed by atoms with Crippen LogP contribution in [0.2, 0.25) is 0 Å². The van der Waals surface area contributed by atoms with E-state index in [1.165, 1.54) is 6.42 Å². The molecule has 92 valence electrons. The van der Waals surface area contributed by atoms with E-state index in [0.29, 0.717) is 0 Å². The summed E-state index contributed by atoms with van der Waals surface area (Å²) in [5.41, 5.74) is 0.942. The summed E-state index contributed by atoms with van der Waals surface area (Å²) >= 11 is 1.61. The van der Waals surface area contributed by atoms with E-state index in [1.54, 1.807) is 23.7 Å². The van der Waals surface area contributed by atoms with Gasteiger partial charge >= 0.3 is 0 Å².